The Hall–Kier alpha value is -4.23. The van der Waals surface area contributed by atoms with Gasteiger partial charge in [-0.15, -0.1) is 13.2 Å². The molecule has 11 nitrogen and oxygen atoms in total. The predicted molar refractivity (Wildman–Crippen MR) is 127 cm³/mol. The van der Waals surface area contributed by atoms with Crippen molar-refractivity contribution in [2.24, 2.45) is 0 Å². The highest BCUT2D eigenvalue weighted by molar-refractivity contribution is 5.42. The Labute approximate surface area is 214 Å². The Morgan fingerprint density at radius 1 is 1.18 bits per heavy atom. The zero-order valence-corrected chi connectivity index (χ0v) is 20.3. The van der Waals surface area contributed by atoms with Crippen LogP contribution in [0.15, 0.2) is 48.8 Å². The average Bonchev–Trinajstić information content (AvgIpc) is 3.40. The van der Waals surface area contributed by atoms with Gasteiger partial charge in [-0.2, -0.15) is 0 Å². The quantitative estimate of drug-likeness (QED) is 0.307. The van der Waals surface area contributed by atoms with Gasteiger partial charge in [0.1, 0.15) is 30.5 Å². The summed E-state index contributed by atoms with van der Waals surface area (Å²) in [6.45, 7) is 3.61. The maximum absolute atomic E-state index is 12.7. The molecule has 2 aromatic heterocycles. The van der Waals surface area contributed by atoms with E-state index in [9.17, 15) is 23.3 Å². The molecule has 0 amide bonds. The molecule has 0 unspecified atom stereocenters. The molecule has 4 heterocycles. The van der Waals surface area contributed by atoms with E-state index in [0.717, 1.165) is 5.82 Å². The minimum atomic E-state index is -4.79. The molecule has 1 fully saturated rings. The van der Waals surface area contributed by atoms with Crippen LogP contribution in [0.5, 0.6) is 23.3 Å². The summed E-state index contributed by atoms with van der Waals surface area (Å²) in [5.41, 5.74) is -0.734. The van der Waals surface area contributed by atoms with Gasteiger partial charge < -0.3 is 34.0 Å². The summed E-state index contributed by atoms with van der Waals surface area (Å²) in [6, 6.07) is 9.54. The molecule has 14 heteroatoms. The molecule has 0 N–H and O–H groups in total. The minimum Gasteiger partial charge on any atom is -0.488 e. The van der Waals surface area contributed by atoms with Crippen molar-refractivity contribution in [3.05, 3.63) is 58.9 Å². The molecule has 2 aliphatic rings. The van der Waals surface area contributed by atoms with E-state index in [-0.39, 0.29) is 36.0 Å². The molecule has 0 bridgehead atoms. The van der Waals surface area contributed by atoms with Crippen LogP contribution in [0.2, 0.25) is 0 Å². The predicted octanol–water partition coefficient (Wildman–Crippen LogP) is 4.36. The summed E-state index contributed by atoms with van der Waals surface area (Å²) in [6.07, 6.45) is -0.912. The monoisotopic (exact) mass is 535 g/mol. The van der Waals surface area contributed by atoms with Crippen LogP contribution in [0.25, 0.3) is 0 Å². The topological polar surface area (TPSA) is 114 Å². The molecule has 38 heavy (non-hydrogen) atoms. The Morgan fingerprint density at radius 3 is 2.55 bits per heavy atom. The summed E-state index contributed by atoms with van der Waals surface area (Å²) in [7, 11) is 0. The van der Waals surface area contributed by atoms with Gasteiger partial charge in [-0.1, -0.05) is 12.1 Å². The van der Waals surface area contributed by atoms with Crippen LogP contribution in [0.3, 0.4) is 0 Å². The van der Waals surface area contributed by atoms with Gasteiger partial charge in [0.15, 0.2) is 17.1 Å². The normalized spacial score (nSPS) is 19.5. The number of piperidine rings is 1. The molecule has 0 spiro atoms. The fourth-order valence-corrected chi connectivity index (χ4v) is 4.38. The zero-order chi connectivity index (χ0) is 26.9. The molecule has 3 aromatic rings. The number of nitro groups is 1. The third-order valence-corrected chi connectivity index (χ3v) is 6.16. The smallest absolute Gasteiger partial charge is 0.488 e. The standard InChI is InChI=1S/C24H24F3N5O6/c1-23(14-31-13-21(32(33)34)29-22(31)38-23)15-35-17-6-7-20(28-12-17)30-10-8-16(9-11-30)36-18-4-2-3-5-19(18)37-24(25,26)27/h2-7,12-13,16H,8-11,14-15H2,1H3/t23-/m1/s1. The molecule has 1 saturated heterocycles. The molecule has 5 rings (SSSR count). The van der Waals surface area contributed by atoms with Crippen molar-refractivity contribution in [2.75, 3.05) is 24.6 Å². The number of imidazole rings is 1. The Bertz CT molecular complexity index is 1270. The second-order valence-electron chi connectivity index (χ2n) is 9.26. The van der Waals surface area contributed by atoms with E-state index in [1.54, 1.807) is 22.9 Å². The van der Waals surface area contributed by atoms with Gasteiger partial charge in [0.25, 0.3) is 0 Å². The molecule has 202 valence electrons. The number of para-hydroxylation sites is 2. The fraction of sp³-hybridized carbons (Fsp3) is 0.417. The fourth-order valence-electron chi connectivity index (χ4n) is 4.38. The van der Waals surface area contributed by atoms with Crippen LogP contribution in [0, 0.1) is 10.1 Å². The van der Waals surface area contributed by atoms with Gasteiger partial charge in [0.2, 0.25) is 0 Å². The first-order valence-electron chi connectivity index (χ1n) is 11.8. The van der Waals surface area contributed by atoms with Crippen molar-refractivity contribution in [2.45, 2.75) is 44.4 Å². The number of benzene rings is 1. The van der Waals surface area contributed by atoms with Crippen molar-refractivity contribution in [3.8, 4) is 23.3 Å². The SMILES string of the molecule is C[C@]1(COc2ccc(N3CCC(Oc4ccccc4OC(F)(F)F)CC3)nc2)Cn2cc([N+](=O)[O-])nc2O1. The number of alkyl halides is 3. The van der Waals surface area contributed by atoms with Crippen LogP contribution in [-0.4, -0.2) is 57.2 Å². The van der Waals surface area contributed by atoms with E-state index in [1.165, 1.54) is 24.4 Å². The second-order valence-corrected chi connectivity index (χ2v) is 9.26. The van der Waals surface area contributed by atoms with E-state index in [4.69, 9.17) is 14.2 Å². The van der Waals surface area contributed by atoms with E-state index >= 15 is 0 Å². The lowest BCUT2D eigenvalue weighted by Gasteiger charge is -2.33. The minimum absolute atomic E-state index is 0.0598. The van der Waals surface area contributed by atoms with Crippen LogP contribution in [-0.2, 0) is 6.54 Å². The van der Waals surface area contributed by atoms with Crippen LogP contribution < -0.4 is 23.8 Å². The lowest BCUT2D eigenvalue weighted by molar-refractivity contribution is -0.389. The molecular formula is C24H24F3N5O6. The first kappa shape index (κ1) is 25.4. The van der Waals surface area contributed by atoms with E-state index in [1.807, 2.05) is 13.0 Å². The third kappa shape index (κ3) is 5.84. The maximum Gasteiger partial charge on any atom is 0.573 e. The molecule has 0 saturated carbocycles. The maximum atomic E-state index is 12.7. The molecule has 1 atom stereocenters. The number of fused-ring (bicyclic) bond motifs is 1. The number of pyridine rings is 1. The number of hydrogen-bond donors (Lipinski definition) is 0. The largest absolute Gasteiger partial charge is 0.573 e. The van der Waals surface area contributed by atoms with Gasteiger partial charge in [-0.3, -0.25) is 4.57 Å². The van der Waals surface area contributed by atoms with Crippen molar-refractivity contribution in [1.82, 2.24) is 14.5 Å². The number of nitrogens with zero attached hydrogens (tertiary/aromatic N) is 5. The molecule has 1 aromatic carbocycles. The summed E-state index contributed by atoms with van der Waals surface area (Å²) < 4.78 is 61.1. The highest BCUT2D eigenvalue weighted by Gasteiger charge is 2.41. The van der Waals surface area contributed by atoms with Crippen molar-refractivity contribution >= 4 is 11.6 Å². The van der Waals surface area contributed by atoms with Gasteiger partial charge in [0, 0.05) is 30.9 Å². The van der Waals surface area contributed by atoms with Crippen LogP contribution >= 0.6 is 0 Å². The zero-order valence-electron chi connectivity index (χ0n) is 20.3. The van der Waals surface area contributed by atoms with Gasteiger partial charge >= 0.3 is 18.2 Å². The third-order valence-electron chi connectivity index (χ3n) is 6.16. The highest BCUT2D eigenvalue weighted by atomic mass is 19.4. The molecule has 0 aliphatic carbocycles. The molecule has 0 radical (unpaired) electrons. The van der Waals surface area contributed by atoms with Crippen molar-refractivity contribution in [3.63, 3.8) is 0 Å². The average molecular weight is 535 g/mol. The Balaban J connectivity index is 1.11. The molecular weight excluding hydrogens is 511 g/mol. The summed E-state index contributed by atoms with van der Waals surface area (Å²) in [4.78, 5) is 20.7. The molecule has 2 aliphatic heterocycles. The Morgan fingerprint density at radius 2 is 1.92 bits per heavy atom. The number of hydrogen-bond acceptors (Lipinski definition) is 9. The van der Waals surface area contributed by atoms with Crippen molar-refractivity contribution in [1.29, 1.82) is 0 Å². The van der Waals surface area contributed by atoms with Gasteiger partial charge in [-0.05, 0) is 36.1 Å². The van der Waals surface area contributed by atoms with Gasteiger partial charge in [-0.25, -0.2) is 4.98 Å². The first-order chi connectivity index (χ1) is 18.1. The number of halogens is 3. The summed E-state index contributed by atoms with van der Waals surface area (Å²) in [5.74, 6) is 0.715. The van der Waals surface area contributed by atoms with E-state index < -0.39 is 16.9 Å². The number of ether oxygens (including phenoxy) is 4. The summed E-state index contributed by atoms with van der Waals surface area (Å²) in [5, 5.41) is 10.9. The highest BCUT2D eigenvalue weighted by Crippen LogP contribution is 2.34. The van der Waals surface area contributed by atoms with Crippen molar-refractivity contribution < 1.29 is 37.0 Å². The lowest BCUT2D eigenvalue weighted by atomic mass is 10.1. The van der Waals surface area contributed by atoms with Crippen LogP contribution in [0.1, 0.15) is 19.8 Å². The van der Waals surface area contributed by atoms with E-state index in [0.29, 0.717) is 38.2 Å². The Kier molecular flexibility index (Phi) is 6.63. The summed E-state index contributed by atoms with van der Waals surface area (Å²) >= 11 is 0. The first-order valence-corrected chi connectivity index (χ1v) is 11.8. The lowest BCUT2D eigenvalue weighted by Crippen LogP contribution is -2.39. The number of aromatic nitrogens is 3. The second kappa shape index (κ2) is 9.91. The van der Waals surface area contributed by atoms with Crippen LogP contribution in [0.4, 0.5) is 24.8 Å². The van der Waals surface area contributed by atoms with Gasteiger partial charge in [0.05, 0.1) is 12.7 Å². The number of rotatable bonds is 8. The van der Waals surface area contributed by atoms with E-state index in [2.05, 4.69) is 19.6 Å². The number of anilines is 1.